The van der Waals surface area contributed by atoms with E-state index in [9.17, 15) is 13.2 Å². The molecule has 3 rings (SSSR count). The minimum Gasteiger partial charge on any atom is -0.402 e. The smallest absolute Gasteiger partial charge is 0.402 e. The molecule has 0 amide bonds. The summed E-state index contributed by atoms with van der Waals surface area (Å²) < 4.78 is 38.6. The van der Waals surface area contributed by atoms with Crippen LogP contribution < -0.4 is 11.5 Å². The van der Waals surface area contributed by atoms with Gasteiger partial charge in [0.2, 0.25) is 0 Å². The summed E-state index contributed by atoms with van der Waals surface area (Å²) in [6, 6.07) is 5.05. The molecule has 0 saturated heterocycles. The lowest BCUT2D eigenvalue weighted by Gasteiger charge is -2.10. The first-order valence-corrected chi connectivity index (χ1v) is 12.1. The average molecular weight is 502 g/mol. The zero-order valence-corrected chi connectivity index (χ0v) is 21.1. The zero-order valence-electron chi connectivity index (χ0n) is 20.3. The van der Waals surface area contributed by atoms with Gasteiger partial charge in [-0.25, -0.2) is 4.98 Å². The first-order valence-electron chi connectivity index (χ1n) is 11.2. The molecule has 35 heavy (non-hydrogen) atoms. The molecule has 2 heterocycles. The number of nitrogens with one attached hydrogen (secondary N) is 1. The molecule has 9 heteroatoms. The number of nitrogens with two attached hydrogens (primary N) is 2. The fraction of sp³-hybridized carbons (Fsp3) is 0.308. The lowest BCUT2D eigenvalue weighted by Crippen LogP contribution is -2.10. The molecule has 0 atom stereocenters. The zero-order chi connectivity index (χ0) is 25.8. The first-order chi connectivity index (χ1) is 16.5. The number of H-pyrrole nitrogens is 1. The third-order valence-electron chi connectivity index (χ3n) is 5.65. The number of aryl methyl sites for hydroxylation is 1. The fourth-order valence-corrected chi connectivity index (χ4v) is 4.59. The summed E-state index contributed by atoms with van der Waals surface area (Å²) >= 11 is 1.43. The molecule has 0 unspecified atom stereocenters. The number of benzene rings is 1. The maximum atomic E-state index is 12.9. The Morgan fingerprint density at radius 2 is 1.89 bits per heavy atom. The molecule has 5 N–H and O–H groups in total. The van der Waals surface area contributed by atoms with E-state index >= 15 is 0 Å². The van der Waals surface area contributed by atoms with Crippen molar-refractivity contribution in [3.05, 3.63) is 75.1 Å². The Bertz CT molecular complexity index is 1260. The monoisotopic (exact) mass is 501 g/mol. The van der Waals surface area contributed by atoms with Gasteiger partial charge in [0.15, 0.2) is 0 Å². The number of rotatable bonds is 8. The molecule has 2 aromatic heterocycles. The van der Waals surface area contributed by atoms with Crippen LogP contribution in [0.5, 0.6) is 0 Å². The summed E-state index contributed by atoms with van der Waals surface area (Å²) in [5.74, 6) is 0.615. The molecular weight excluding hydrogens is 471 g/mol. The predicted molar refractivity (Wildman–Crippen MR) is 139 cm³/mol. The maximum absolute atomic E-state index is 12.9. The second-order valence-electron chi connectivity index (χ2n) is 8.29. The second-order valence-corrected chi connectivity index (χ2v) is 9.38. The van der Waals surface area contributed by atoms with Crippen LogP contribution in [-0.2, 0) is 19.1 Å². The van der Waals surface area contributed by atoms with E-state index in [4.69, 9.17) is 16.5 Å². The minimum atomic E-state index is -4.36. The van der Waals surface area contributed by atoms with E-state index in [-0.39, 0.29) is 0 Å². The molecule has 0 fully saturated rings. The van der Waals surface area contributed by atoms with Crippen molar-refractivity contribution >= 4 is 28.9 Å². The Morgan fingerprint density at radius 1 is 1.20 bits per heavy atom. The highest BCUT2D eigenvalue weighted by atomic mass is 32.1. The van der Waals surface area contributed by atoms with E-state index in [0.717, 1.165) is 51.5 Å². The summed E-state index contributed by atoms with van der Waals surface area (Å²) in [5.41, 5.74) is 17.5. The quantitative estimate of drug-likeness (QED) is 0.293. The molecule has 0 spiro atoms. The molecule has 0 aliphatic rings. The Hall–Kier alpha value is -3.33. The number of aromatic nitrogens is 2. The largest absolute Gasteiger partial charge is 0.416 e. The minimum absolute atomic E-state index is 0.407. The highest BCUT2D eigenvalue weighted by molar-refractivity contribution is 7.15. The fourth-order valence-electron chi connectivity index (χ4n) is 3.60. The van der Waals surface area contributed by atoms with Crippen LogP contribution in [0, 0.1) is 6.92 Å². The van der Waals surface area contributed by atoms with Crippen molar-refractivity contribution in [3.63, 3.8) is 0 Å². The molecule has 5 nitrogen and oxygen atoms in total. The highest BCUT2D eigenvalue weighted by Gasteiger charge is 2.30. The van der Waals surface area contributed by atoms with Gasteiger partial charge in [0, 0.05) is 40.0 Å². The number of hydrogen-bond acceptors (Lipinski definition) is 5. The highest BCUT2D eigenvalue weighted by Crippen LogP contribution is 2.33. The third-order valence-corrected chi connectivity index (χ3v) is 6.84. The topological polar surface area (TPSA) is 93.1 Å². The summed E-state index contributed by atoms with van der Waals surface area (Å²) in [4.78, 5) is 13.3. The lowest BCUT2D eigenvalue weighted by molar-refractivity contribution is -0.137. The molecule has 0 radical (unpaired) electrons. The van der Waals surface area contributed by atoms with Gasteiger partial charge in [0.05, 0.1) is 17.8 Å². The van der Waals surface area contributed by atoms with Gasteiger partial charge in [-0.15, -0.1) is 11.3 Å². The van der Waals surface area contributed by atoms with Gasteiger partial charge in [-0.05, 0) is 50.5 Å². The van der Waals surface area contributed by atoms with Crippen LogP contribution in [0.25, 0.3) is 16.6 Å². The van der Waals surface area contributed by atoms with Gasteiger partial charge in [-0.2, -0.15) is 13.2 Å². The summed E-state index contributed by atoms with van der Waals surface area (Å²) in [6.45, 7) is 8.13. The number of nitrogen functional groups attached to an aromatic ring is 1. The summed E-state index contributed by atoms with van der Waals surface area (Å²) in [5, 5.41) is 0.667. The van der Waals surface area contributed by atoms with E-state index < -0.39 is 11.7 Å². The van der Waals surface area contributed by atoms with Crippen LogP contribution in [0.2, 0.25) is 0 Å². The van der Waals surface area contributed by atoms with E-state index in [0.29, 0.717) is 35.1 Å². The number of nitrogens with zero attached hydrogens (tertiary/aromatic N) is 2. The van der Waals surface area contributed by atoms with Crippen molar-refractivity contribution in [1.29, 1.82) is 0 Å². The van der Waals surface area contributed by atoms with Gasteiger partial charge in [-0.1, -0.05) is 31.2 Å². The lowest BCUT2D eigenvalue weighted by atomic mass is 9.98. The van der Waals surface area contributed by atoms with Crippen molar-refractivity contribution in [3.8, 4) is 10.6 Å². The van der Waals surface area contributed by atoms with Gasteiger partial charge < -0.3 is 16.5 Å². The number of anilines is 1. The number of halogens is 3. The molecule has 0 aliphatic carbocycles. The van der Waals surface area contributed by atoms with Crippen molar-refractivity contribution < 1.29 is 13.2 Å². The van der Waals surface area contributed by atoms with Gasteiger partial charge >= 0.3 is 6.18 Å². The van der Waals surface area contributed by atoms with Crippen LogP contribution in [0.4, 0.5) is 19.0 Å². The molecule has 186 valence electrons. The predicted octanol–water partition coefficient (Wildman–Crippen LogP) is 6.91. The van der Waals surface area contributed by atoms with Crippen LogP contribution in [0.1, 0.15) is 54.5 Å². The summed E-state index contributed by atoms with van der Waals surface area (Å²) in [7, 11) is 0. The number of hydrogen-bond donors (Lipinski definition) is 3. The molecule has 0 saturated carbocycles. The van der Waals surface area contributed by atoms with Crippen molar-refractivity contribution in [1.82, 2.24) is 9.97 Å². The van der Waals surface area contributed by atoms with Crippen molar-refractivity contribution in [2.45, 2.75) is 53.3 Å². The van der Waals surface area contributed by atoms with E-state index in [1.165, 1.54) is 23.5 Å². The molecule has 0 aliphatic heterocycles. The SMILES string of the molecule is CC/C=C\c1c(CC(C(C)=NCc2sc(-c3ccc(C(F)(F)F)cc3)nc2C)=C(C)N)c[nH]c1N. The van der Waals surface area contributed by atoms with Gasteiger partial charge in [0.1, 0.15) is 10.8 Å². The third kappa shape index (κ3) is 6.42. The van der Waals surface area contributed by atoms with Crippen molar-refractivity contribution in [2.24, 2.45) is 10.7 Å². The van der Waals surface area contributed by atoms with Crippen LogP contribution in [-0.4, -0.2) is 15.7 Å². The van der Waals surface area contributed by atoms with Crippen LogP contribution in [0.3, 0.4) is 0 Å². The van der Waals surface area contributed by atoms with Gasteiger partial charge in [-0.3, -0.25) is 4.99 Å². The van der Waals surface area contributed by atoms with Crippen LogP contribution in [0.15, 0.2) is 52.8 Å². The Labute approximate surface area is 207 Å². The number of allylic oxidation sites excluding steroid dienone is 3. The second kappa shape index (κ2) is 10.9. The Morgan fingerprint density at radius 3 is 2.49 bits per heavy atom. The molecule has 3 aromatic rings. The standard InChI is InChI=1S/C26H30F3N5S/c1-5-6-7-21-19(13-33-24(21)31)12-22(15(2)30)16(3)32-14-23-17(4)34-25(35-23)18-8-10-20(11-9-18)26(27,28)29/h6-11,13,33H,5,12,14,30-31H2,1-4H3/b7-6-,22-15?,32-16?. The normalized spacial score (nSPS) is 13.5. The molecular formula is C26H30F3N5S. The number of aliphatic imine (C=N–C) groups is 1. The van der Waals surface area contributed by atoms with E-state index in [1.807, 2.05) is 33.0 Å². The number of thiazole rings is 1. The van der Waals surface area contributed by atoms with E-state index in [2.05, 4.69) is 23.0 Å². The number of aromatic amines is 1. The number of alkyl halides is 3. The maximum Gasteiger partial charge on any atom is 0.416 e. The average Bonchev–Trinajstić information content (AvgIpc) is 3.35. The Kier molecular flexibility index (Phi) is 8.22. The molecule has 1 aromatic carbocycles. The van der Waals surface area contributed by atoms with Crippen molar-refractivity contribution in [2.75, 3.05) is 5.73 Å². The first kappa shape index (κ1) is 26.3. The Balaban J connectivity index is 1.80. The van der Waals surface area contributed by atoms with Crippen LogP contribution >= 0.6 is 11.3 Å². The summed E-state index contributed by atoms with van der Waals surface area (Å²) in [6.07, 6.45) is 3.11. The van der Waals surface area contributed by atoms with Gasteiger partial charge in [0.25, 0.3) is 0 Å². The molecule has 0 bridgehead atoms. The van der Waals surface area contributed by atoms with E-state index in [1.54, 1.807) is 0 Å².